The zero-order valence-corrected chi connectivity index (χ0v) is 7.42. The van der Waals surface area contributed by atoms with Gasteiger partial charge < -0.3 is 22.9 Å². The van der Waals surface area contributed by atoms with Crippen molar-refractivity contribution < 1.29 is 0 Å². The average molecular weight is 162 g/mol. The first kappa shape index (κ1) is 13.4. The Kier molecular flexibility index (Phi) is 15.3. The molecular weight excluding hydrogens is 140 g/mol. The summed E-state index contributed by atoms with van der Waals surface area (Å²) in [5, 5.41) is 0. The molecule has 1 atom stereocenters. The van der Waals surface area contributed by atoms with Crippen molar-refractivity contribution in [2.45, 2.75) is 25.8 Å². The van der Waals surface area contributed by atoms with Crippen LogP contribution in [0.3, 0.4) is 0 Å². The van der Waals surface area contributed by atoms with Gasteiger partial charge >= 0.3 is 0 Å². The number of hydrogen-bond donors (Lipinski definition) is 4. The van der Waals surface area contributed by atoms with Crippen molar-refractivity contribution in [1.29, 1.82) is 0 Å². The topological polar surface area (TPSA) is 104 Å². The van der Waals surface area contributed by atoms with E-state index in [1.54, 1.807) is 0 Å². The summed E-state index contributed by atoms with van der Waals surface area (Å²) in [4.78, 5) is 0. The molecule has 4 heteroatoms. The van der Waals surface area contributed by atoms with E-state index >= 15 is 0 Å². The van der Waals surface area contributed by atoms with Gasteiger partial charge in [0.25, 0.3) is 0 Å². The predicted octanol–water partition coefficient (Wildman–Crippen LogP) is -1.02. The van der Waals surface area contributed by atoms with Crippen molar-refractivity contribution in [1.82, 2.24) is 0 Å². The molecule has 0 aliphatic heterocycles. The van der Waals surface area contributed by atoms with Gasteiger partial charge in [-0.05, 0) is 32.9 Å². The number of rotatable bonds is 4. The Bertz CT molecular complexity index is 52.4. The monoisotopic (exact) mass is 162 g/mol. The first-order valence-electron chi connectivity index (χ1n) is 4.04. The van der Waals surface area contributed by atoms with E-state index in [2.05, 4.69) is 0 Å². The minimum Gasteiger partial charge on any atom is -0.330 e. The van der Waals surface area contributed by atoms with E-state index in [0.29, 0.717) is 6.54 Å². The molecule has 0 saturated carbocycles. The predicted molar refractivity (Wildman–Crippen MR) is 50.0 cm³/mol. The Morgan fingerprint density at radius 2 is 1.27 bits per heavy atom. The van der Waals surface area contributed by atoms with Gasteiger partial charge in [-0.1, -0.05) is 0 Å². The van der Waals surface area contributed by atoms with Crippen LogP contribution in [-0.4, -0.2) is 25.7 Å². The molecule has 0 fully saturated rings. The number of unbranched alkanes of at least 4 members (excludes halogenated alkanes) is 1. The summed E-state index contributed by atoms with van der Waals surface area (Å²) in [5.41, 5.74) is 20.5. The van der Waals surface area contributed by atoms with Crippen molar-refractivity contribution in [3.8, 4) is 0 Å². The molecule has 1 unspecified atom stereocenters. The minimum absolute atomic E-state index is 0.162. The summed E-state index contributed by atoms with van der Waals surface area (Å²) in [6.07, 6.45) is 2.13. The Balaban J connectivity index is 0. The minimum atomic E-state index is 0.162. The highest BCUT2D eigenvalue weighted by molar-refractivity contribution is 4.48. The van der Waals surface area contributed by atoms with Crippen LogP contribution in [0.2, 0.25) is 0 Å². The Morgan fingerprint density at radius 1 is 1.00 bits per heavy atom. The second kappa shape index (κ2) is 12.5. The second-order valence-electron chi connectivity index (χ2n) is 2.50. The SMILES string of the molecule is CC(N)CN.NCCCCN. The summed E-state index contributed by atoms with van der Waals surface area (Å²) in [6, 6.07) is 0.162. The molecule has 0 bridgehead atoms. The second-order valence-corrected chi connectivity index (χ2v) is 2.50. The Morgan fingerprint density at radius 3 is 1.36 bits per heavy atom. The summed E-state index contributed by atoms with van der Waals surface area (Å²) in [7, 11) is 0. The highest BCUT2D eigenvalue weighted by Crippen LogP contribution is 1.77. The van der Waals surface area contributed by atoms with Gasteiger partial charge in [0, 0.05) is 12.6 Å². The number of hydrogen-bond acceptors (Lipinski definition) is 4. The normalized spacial score (nSPS) is 11.7. The van der Waals surface area contributed by atoms with E-state index < -0.39 is 0 Å². The van der Waals surface area contributed by atoms with Crippen LogP contribution in [0.15, 0.2) is 0 Å². The lowest BCUT2D eigenvalue weighted by Gasteiger charge is -1.92. The molecular formula is C7H22N4. The van der Waals surface area contributed by atoms with Gasteiger partial charge in [-0.3, -0.25) is 0 Å². The van der Waals surface area contributed by atoms with E-state index in [9.17, 15) is 0 Å². The fourth-order valence-corrected chi connectivity index (χ4v) is 0.289. The summed E-state index contributed by atoms with van der Waals surface area (Å²) in [5.74, 6) is 0. The van der Waals surface area contributed by atoms with Gasteiger partial charge in [-0.25, -0.2) is 0 Å². The van der Waals surface area contributed by atoms with E-state index in [0.717, 1.165) is 25.9 Å². The van der Waals surface area contributed by atoms with Crippen molar-refractivity contribution in [2.75, 3.05) is 19.6 Å². The van der Waals surface area contributed by atoms with E-state index in [-0.39, 0.29) is 6.04 Å². The van der Waals surface area contributed by atoms with Crippen LogP contribution in [0.1, 0.15) is 19.8 Å². The molecule has 0 amide bonds. The quantitative estimate of drug-likeness (QED) is 0.397. The summed E-state index contributed by atoms with van der Waals surface area (Å²) < 4.78 is 0. The third-order valence-electron chi connectivity index (χ3n) is 1.03. The van der Waals surface area contributed by atoms with Crippen LogP contribution < -0.4 is 22.9 Å². The molecule has 4 nitrogen and oxygen atoms in total. The molecule has 0 rings (SSSR count). The molecule has 0 heterocycles. The maximum Gasteiger partial charge on any atom is 0.0134 e. The molecule has 8 N–H and O–H groups in total. The van der Waals surface area contributed by atoms with E-state index in [4.69, 9.17) is 22.9 Å². The van der Waals surface area contributed by atoms with Crippen LogP contribution in [0.25, 0.3) is 0 Å². The van der Waals surface area contributed by atoms with Crippen LogP contribution in [0, 0.1) is 0 Å². The van der Waals surface area contributed by atoms with Crippen LogP contribution in [0.5, 0.6) is 0 Å². The maximum atomic E-state index is 5.17. The van der Waals surface area contributed by atoms with Gasteiger partial charge in [0.15, 0.2) is 0 Å². The molecule has 0 aliphatic rings. The first-order chi connectivity index (χ1) is 5.18. The van der Waals surface area contributed by atoms with E-state index in [1.807, 2.05) is 6.92 Å². The van der Waals surface area contributed by atoms with Crippen LogP contribution in [0.4, 0.5) is 0 Å². The zero-order chi connectivity index (χ0) is 9.11. The van der Waals surface area contributed by atoms with Crippen molar-refractivity contribution in [3.63, 3.8) is 0 Å². The standard InChI is InChI=1S/C4H12N2.C3H10N2/c5-3-1-2-4-6;1-3(5)2-4/h1-6H2;3H,2,4-5H2,1H3. The fourth-order valence-electron chi connectivity index (χ4n) is 0.289. The lowest BCUT2D eigenvalue weighted by atomic mass is 10.3. The van der Waals surface area contributed by atoms with Gasteiger partial charge in [-0.15, -0.1) is 0 Å². The highest BCUT2D eigenvalue weighted by Gasteiger charge is 1.79. The Labute approximate surface area is 69.3 Å². The van der Waals surface area contributed by atoms with Gasteiger partial charge in [0.2, 0.25) is 0 Å². The molecule has 0 aromatic heterocycles. The first-order valence-corrected chi connectivity index (χ1v) is 4.04. The molecule has 0 saturated heterocycles. The maximum absolute atomic E-state index is 5.17. The molecule has 0 aromatic carbocycles. The lowest BCUT2D eigenvalue weighted by molar-refractivity contribution is 0.752. The van der Waals surface area contributed by atoms with Crippen molar-refractivity contribution in [3.05, 3.63) is 0 Å². The van der Waals surface area contributed by atoms with Crippen LogP contribution >= 0.6 is 0 Å². The molecule has 0 radical (unpaired) electrons. The van der Waals surface area contributed by atoms with Crippen LogP contribution in [-0.2, 0) is 0 Å². The molecule has 0 aromatic rings. The largest absolute Gasteiger partial charge is 0.330 e. The fraction of sp³-hybridized carbons (Fsp3) is 1.00. The third kappa shape index (κ3) is 25.8. The molecule has 11 heavy (non-hydrogen) atoms. The molecule has 70 valence electrons. The van der Waals surface area contributed by atoms with Crippen molar-refractivity contribution >= 4 is 0 Å². The van der Waals surface area contributed by atoms with Crippen molar-refractivity contribution in [2.24, 2.45) is 22.9 Å². The highest BCUT2D eigenvalue weighted by atomic mass is 14.7. The Hall–Kier alpha value is -0.160. The van der Waals surface area contributed by atoms with Gasteiger partial charge in [0.05, 0.1) is 0 Å². The lowest BCUT2D eigenvalue weighted by Crippen LogP contribution is -2.25. The summed E-state index contributed by atoms with van der Waals surface area (Å²) >= 11 is 0. The summed E-state index contributed by atoms with van der Waals surface area (Å²) in [6.45, 7) is 4.01. The van der Waals surface area contributed by atoms with E-state index in [1.165, 1.54) is 0 Å². The molecule has 0 aliphatic carbocycles. The smallest absolute Gasteiger partial charge is 0.0134 e. The average Bonchev–Trinajstić information content (AvgIpc) is 2.02. The molecule has 0 spiro atoms. The third-order valence-corrected chi connectivity index (χ3v) is 1.03. The number of nitrogens with two attached hydrogens (primary N) is 4. The van der Waals surface area contributed by atoms with Gasteiger partial charge in [-0.2, -0.15) is 0 Å². The zero-order valence-electron chi connectivity index (χ0n) is 7.42. The van der Waals surface area contributed by atoms with Gasteiger partial charge in [0.1, 0.15) is 0 Å².